The molecule has 0 fully saturated rings. The van der Waals surface area contributed by atoms with Gasteiger partial charge in [-0.2, -0.15) is 5.10 Å². The fourth-order valence-corrected chi connectivity index (χ4v) is 3.91. The molecular formula is C29H23N3O5. The van der Waals surface area contributed by atoms with Gasteiger partial charge >= 0.3 is 0 Å². The van der Waals surface area contributed by atoms with Crippen molar-refractivity contribution in [1.82, 2.24) is 10.7 Å². The van der Waals surface area contributed by atoms with Gasteiger partial charge in [-0.15, -0.1) is 0 Å². The number of hydrogen-bond donors (Lipinski definition) is 2. The summed E-state index contributed by atoms with van der Waals surface area (Å²) in [4.78, 5) is 26.0. The molecule has 0 spiro atoms. The van der Waals surface area contributed by atoms with Gasteiger partial charge in [0.1, 0.15) is 11.4 Å². The molecule has 0 aromatic heterocycles. The van der Waals surface area contributed by atoms with Crippen LogP contribution < -0.4 is 25.0 Å². The minimum atomic E-state index is -0.600. The molecule has 0 saturated carbocycles. The van der Waals surface area contributed by atoms with E-state index in [0.717, 1.165) is 16.3 Å². The van der Waals surface area contributed by atoms with Gasteiger partial charge in [0.05, 0.1) is 13.3 Å². The Labute approximate surface area is 213 Å². The Morgan fingerprint density at radius 3 is 2.54 bits per heavy atom. The molecule has 0 saturated heterocycles. The Morgan fingerprint density at radius 2 is 1.70 bits per heavy atom. The number of ether oxygens (including phenoxy) is 3. The first-order valence-corrected chi connectivity index (χ1v) is 11.5. The van der Waals surface area contributed by atoms with Crippen molar-refractivity contribution < 1.29 is 23.8 Å². The summed E-state index contributed by atoms with van der Waals surface area (Å²) in [6.07, 6.45) is 3.07. The van der Waals surface area contributed by atoms with Crippen molar-refractivity contribution in [3.8, 4) is 17.2 Å². The topological polar surface area (TPSA) is 98.2 Å². The summed E-state index contributed by atoms with van der Waals surface area (Å²) >= 11 is 0. The summed E-state index contributed by atoms with van der Waals surface area (Å²) in [5.41, 5.74) is 4.29. The van der Waals surface area contributed by atoms with Crippen LogP contribution in [0.4, 0.5) is 0 Å². The molecule has 2 N–H and O–H groups in total. The summed E-state index contributed by atoms with van der Waals surface area (Å²) in [6, 6.07) is 25.5. The number of benzene rings is 4. The number of hydrazone groups is 1. The third-order valence-electron chi connectivity index (χ3n) is 5.75. The Morgan fingerprint density at radius 1 is 0.919 bits per heavy atom. The zero-order valence-corrected chi connectivity index (χ0v) is 19.9. The predicted octanol–water partition coefficient (Wildman–Crippen LogP) is 4.50. The number of carbonyl (C=O) groups excluding carboxylic acids is 2. The zero-order chi connectivity index (χ0) is 25.6. The molecule has 1 aliphatic rings. The highest BCUT2D eigenvalue weighted by molar-refractivity contribution is 6.06. The first kappa shape index (κ1) is 23.6. The molecule has 184 valence electrons. The van der Waals surface area contributed by atoms with Crippen LogP contribution in [0, 0.1) is 0 Å². The average molecular weight is 494 g/mol. The summed E-state index contributed by atoms with van der Waals surface area (Å²) in [5.74, 6) is 0.763. The van der Waals surface area contributed by atoms with E-state index in [2.05, 4.69) is 15.8 Å². The largest absolute Gasteiger partial charge is 0.496 e. The molecule has 2 amide bonds. The van der Waals surface area contributed by atoms with E-state index in [1.54, 1.807) is 55.7 Å². The molecule has 37 heavy (non-hydrogen) atoms. The van der Waals surface area contributed by atoms with Gasteiger partial charge in [0.25, 0.3) is 11.8 Å². The quantitative estimate of drug-likeness (QED) is 0.224. The number of fused-ring (bicyclic) bond motifs is 2. The number of methoxy groups -OCH3 is 1. The Bertz CT molecular complexity index is 1530. The number of carbonyl (C=O) groups is 2. The summed E-state index contributed by atoms with van der Waals surface area (Å²) < 4.78 is 16.3. The maximum atomic E-state index is 13.2. The van der Waals surface area contributed by atoms with E-state index in [4.69, 9.17) is 14.2 Å². The van der Waals surface area contributed by atoms with Gasteiger partial charge in [-0.05, 0) is 52.7 Å². The third kappa shape index (κ3) is 5.28. The summed E-state index contributed by atoms with van der Waals surface area (Å²) in [6.45, 7) is 0.132. The van der Waals surface area contributed by atoms with E-state index in [9.17, 15) is 9.59 Å². The monoisotopic (exact) mass is 493 g/mol. The molecule has 0 aliphatic carbocycles. The minimum absolute atomic E-state index is 0.00903. The van der Waals surface area contributed by atoms with Crippen molar-refractivity contribution in [2.45, 2.75) is 0 Å². The number of rotatable bonds is 7. The van der Waals surface area contributed by atoms with Crippen molar-refractivity contribution in [2.24, 2.45) is 5.10 Å². The molecule has 8 heteroatoms. The van der Waals surface area contributed by atoms with Crippen LogP contribution in [0.1, 0.15) is 21.5 Å². The van der Waals surface area contributed by atoms with Crippen molar-refractivity contribution in [2.75, 3.05) is 13.9 Å². The molecule has 8 nitrogen and oxygen atoms in total. The molecule has 0 radical (unpaired) electrons. The van der Waals surface area contributed by atoms with Crippen LogP contribution in [0.5, 0.6) is 17.2 Å². The Hall–Kier alpha value is -5.11. The van der Waals surface area contributed by atoms with Gasteiger partial charge in [-0.25, -0.2) is 5.43 Å². The number of nitrogens with one attached hydrogen (secondary N) is 2. The maximum Gasteiger partial charge on any atom is 0.287 e. The smallest absolute Gasteiger partial charge is 0.287 e. The Kier molecular flexibility index (Phi) is 6.80. The molecular weight excluding hydrogens is 470 g/mol. The van der Waals surface area contributed by atoms with Crippen LogP contribution in [0.15, 0.2) is 95.7 Å². The lowest BCUT2D eigenvalue weighted by Crippen LogP contribution is -2.32. The van der Waals surface area contributed by atoms with Crippen molar-refractivity contribution in [3.63, 3.8) is 0 Å². The van der Waals surface area contributed by atoms with Gasteiger partial charge in [0.2, 0.25) is 6.79 Å². The van der Waals surface area contributed by atoms with Crippen molar-refractivity contribution in [3.05, 3.63) is 107 Å². The fourth-order valence-electron chi connectivity index (χ4n) is 3.91. The van der Waals surface area contributed by atoms with E-state index in [-0.39, 0.29) is 12.5 Å². The van der Waals surface area contributed by atoms with E-state index in [0.29, 0.717) is 28.4 Å². The van der Waals surface area contributed by atoms with E-state index >= 15 is 0 Å². The summed E-state index contributed by atoms with van der Waals surface area (Å²) in [7, 11) is 1.57. The van der Waals surface area contributed by atoms with Crippen molar-refractivity contribution in [1.29, 1.82) is 0 Å². The lowest BCUT2D eigenvalue weighted by Gasteiger charge is -2.10. The molecule has 1 heterocycles. The highest BCUT2D eigenvalue weighted by atomic mass is 16.7. The van der Waals surface area contributed by atoms with Gasteiger partial charge in [0, 0.05) is 11.1 Å². The maximum absolute atomic E-state index is 13.2. The van der Waals surface area contributed by atoms with E-state index in [1.807, 2.05) is 42.5 Å². The standard InChI is InChI=1S/C29H23N3O5/c1-35-25-14-12-20-7-5-6-10-22(20)23(25)17-30-32-29(34)24(31-28(33)21-8-3-2-4-9-21)15-19-11-13-26-27(16-19)37-18-36-26/h2-17H,18H2,1H3,(H,31,33)(H,32,34)/b24-15+,30-17+. The van der Waals surface area contributed by atoms with Crippen molar-refractivity contribution >= 4 is 34.9 Å². The highest BCUT2D eigenvalue weighted by Gasteiger charge is 2.17. The normalized spacial score (nSPS) is 12.5. The first-order valence-electron chi connectivity index (χ1n) is 11.5. The van der Waals surface area contributed by atoms with Crippen LogP contribution in [0.25, 0.3) is 16.8 Å². The average Bonchev–Trinajstić information content (AvgIpc) is 3.41. The minimum Gasteiger partial charge on any atom is -0.496 e. The van der Waals surface area contributed by atoms with Crippen LogP contribution in [0.3, 0.4) is 0 Å². The molecule has 0 bridgehead atoms. The lowest BCUT2D eigenvalue weighted by molar-refractivity contribution is -0.117. The SMILES string of the molecule is COc1ccc2ccccc2c1/C=N/NC(=O)/C(=C\c1ccc2c(c1)OCO2)NC(=O)c1ccccc1. The van der Waals surface area contributed by atoms with Crippen LogP contribution in [-0.2, 0) is 4.79 Å². The molecule has 0 atom stereocenters. The fraction of sp³-hybridized carbons (Fsp3) is 0.0690. The first-order chi connectivity index (χ1) is 18.1. The van der Waals surface area contributed by atoms with Gasteiger partial charge in [0.15, 0.2) is 11.5 Å². The van der Waals surface area contributed by atoms with Gasteiger partial charge in [-0.3, -0.25) is 9.59 Å². The molecule has 0 unspecified atom stereocenters. The molecule has 4 aromatic carbocycles. The molecule has 4 aromatic rings. The van der Waals surface area contributed by atoms with Crippen LogP contribution >= 0.6 is 0 Å². The number of nitrogens with zero attached hydrogens (tertiary/aromatic N) is 1. The van der Waals surface area contributed by atoms with Gasteiger partial charge < -0.3 is 19.5 Å². The Balaban J connectivity index is 1.42. The zero-order valence-electron chi connectivity index (χ0n) is 19.9. The van der Waals surface area contributed by atoms with E-state index in [1.165, 1.54) is 6.21 Å². The second kappa shape index (κ2) is 10.7. The highest BCUT2D eigenvalue weighted by Crippen LogP contribution is 2.33. The van der Waals surface area contributed by atoms with Gasteiger partial charge in [-0.1, -0.05) is 54.6 Å². The third-order valence-corrected chi connectivity index (χ3v) is 5.75. The second-order valence-electron chi connectivity index (χ2n) is 8.09. The lowest BCUT2D eigenvalue weighted by atomic mass is 10.0. The van der Waals surface area contributed by atoms with E-state index < -0.39 is 11.8 Å². The van der Waals surface area contributed by atoms with Crippen LogP contribution in [-0.4, -0.2) is 31.9 Å². The molecule has 1 aliphatic heterocycles. The summed E-state index contributed by atoms with van der Waals surface area (Å²) in [5, 5.41) is 8.78. The van der Waals surface area contributed by atoms with Crippen LogP contribution in [0.2, 0.25) is 0 Å². The molecule has 5 rings (SSSR count). The second-order valence-corrected chi connectivity index (χ2v) is 8.09. The number of hydrogen-bond acceptors (Lipinski definition) is 6. The number of amides is 2. The predicted molar refractivity (Wildman–Crippen MR) is 141 cm³/mol.